The number of nitrogens with zero attached hydrogens (tertiary/aromatic N) is 1. The van der Waals surface area contributed by atoms with Gasteiger partial charge in [0.2, 0.25) is 0 Å². The number of benzene rings is 2. The molecule has 0 amide bonds. The van der Waals surface area contributed by atoms with Crippen LogP contribution in [0.2, 0.25) is 0 Å². The number of aromatic nitrogens is 2. The summed E-state index contributed by atoms with van der Waals surface area (Å²) in [6.07, 6.45) is 0. The van der Waals surface area contributed by atoms with Crippen LogP contribution in [-0.4, -0.2) is 15.3 Å². The summed E-state index contributed by atoms with van der Waals surface area (Å²) < 4.78 is 13.6. The van der Waals surface area contributed by atoms with E-state index in [1.807, 2.05) is 12.1 Å². The lowest BCUT2D eigenvalue weighted by Crippen LogP contribution is -1.93. The summed E-state index contributed by atoms with van der Waals surface area (Å²) in [5.41, 5.74) is 8.28. The number of hydrogen-bond acceptors (Lipinski definition) is 4. The van der Waals surface area contributed by atoms with Crippen molar-refractivity contribution in [3.63, 3.8) is 0 Å². The number of aromatic amines is 1. The molecular weight excluding hydrogens is 271 g/mol. The van der Waals surface area contributed by atoms with Crippen molar-refractivity contribution in [1.82, 2.24) is 10.2 Å². The van der Waals surface area contributed by atoms with Gasteiger partial charge in [-0.2, -0.15) is 5.10 Å². The molecule has 2 aromatic carbocycles. The normalized spacial score (nSPS) is 10.5. The molecule has 0 bridgehead atoms. The van der Waals surface area contributed by atoms with Crippen LogP contribution in [0.4, 0.5) is 21.6 Å². The second kappa shape index (κ2) is 5.16. The van der Waals surface area contributed by atoms with Gasteiger partial charge in [0.1, 0.15) is 11.6 Å². The molecule has 5 N–H and O–H groups in total. The number of halogens is 1. The van der Waals surface area contributed by atoms with E-state index in [1.54, 1.807) is 18.2 Å². The predicted molar refractivity (Wildman–Crippen MR) is 79.8 cm³/mol. The molecule has 0 aliphatic carbocycles. The molecule has 0 fully saturated rings. The SMILES string of the molecule is Nc1ccc(-c2cc(Nc3ccc(O)cc3F)n[nH]2)cc1. The Morgan fingerprint density at radius 1 is 1.10 bits per heavy atom. The van der Waals surface area contributed by atoms with Crippen molar-refractivity contribution in [3.8, 4) is 17.0 Å². The van der Waals surface area contributed by atoms with E-state index < -0.39 is 5.82 Å². The number of nitrogens with one attached hydrogen (secondary N) is 2. The van der Waals surface area contributed by atoms with E-state index in [1.165, 1.54) is 12.1 Å². The summed E-state index contributed by atoms with van der Waals surface area (Å²) in [6.45, 7) is 0. The van der Waals surface area contributed by atoms with Crippen LogP contribution in [0.5, 0.6) is 5.75 Å². The Labute approximate surface area is 120 Å². The number of nitrogen functional groups attached to an aromatic ring is 1. The minimum atomic E-state index is -0.549. The quantitative estimate of drug-likeness (QED) is 0.439. The number of rotatable bonds is 3. The molecule has 106 valence electrons. The number of nitrogens with two attached hydrogens (primary N) is 1. The van der Waals surface area contributed by atoms with Crippen LogP contribution in [0.1, 0.15) is 0 Å². The fourth-order valence-electron chi connectivity index (χ4n) is 1.94. The zero-order valence-electron chi connectivity index (χ0n) is 11.0. The standard InChI is InChI=1S/C15H13FN4O/c16-12-7-11(21)5-6-13(12)18-15-8-14(19-20-15)9-1-3-10(17)4-2-9/h1-8,21H,17H2,(H2,18,19,20). The van der Waals surface area contributed by atoms with E-state index in [4.69, 9.17) is 5.73 Å². The second-order valence-corrected chi connectivity index (χ2v) is 4.58. The molecule has 0 atom stereocenters. The minimum Gasteiger partial charge on any atom is -0.508 e. The lowest BCUT2D eigenvalue weighted by molar-refractivity contribution is 0.469. The van der Waals surface area contributed by atoms with E-state index >= 15 is 0 Å². The Morgan fingerprint density at radius 3 is 2.57 bits per heavy atom. The van der Waals surface area contributed by atoms with Crippen molar-refractivity contribution in [2.75, 3.05) is 11.1 Å². The molecule has 1 heterocycles. The number of phenols is 1. The van der Waals surface area contributed by atoms with E-state index in [9.17, 15) is 9.50 Å². The van der Waals surface area contributed by atoms with Crippen molar-refractivity contribution < 1.29 is 9.50 Å². The molecule has 5 nitrogen and oxygen atoms in total. The molecule has 21 heavy (non-hydrogen) atoms. The highest BCUT2D eigenvalue weighted by Crippen LogP contribution is 2.25. The van der Waals surface area contributed by atoms with Crippen molar-refractivity contribution >= 4 is 17.2 Å². The summed E-state index contributed by atoms with van der Waals surface area (Å²) in [5, 5.41) is 19.0. The monoisotopic (exact) mass is 284 g/mol. The van der Waals surface area contributed by atoms with Crippen LogP contribution < -0.4 is 11.1 Å². The first-order valence-corrected chi connectivity index (χ1v) is 6.29. The van der Waals surface area contributed by atoms with Crippen molar-refractivity contribution in [1.29, 1.82) is 0 Å². The number of H-pyrrole nitrogens is 1. The van der Waals surface area contributed by atoms with Crippen LogP contribution in [0.15, 0.2) is 48.5 Å². The first-order chi connectivity index (χ1) is 10.1. The number of anilines is 3. The number of hydrogen-bond donors (Lipinski definition) is 4. The Bertz CT molecular complexity index is 768. The van der Waals surface area contributed by atoms with Gasteiger partial charge in [0.15, 0.2) is 5.82 Å². The average molecular weight is 284 g/mol. The molecule has 6 heteroatoms. The molecule has 0 aliphatic rings. The largest absolute Gasteiger partial charge is 0.508 e. The highest BCUT2D eigenvalue weighted by atomic mass is 19.1. The third-order valence-corrected chi connectivity index (χ3v) is 3.01. The van der Waals surface area contributed by atoms with E-state index in [-0.39, 0.29) is 11.4 Å². The lowest BCUT2D eigenvalue weighted by Gasteiger charge is -2.04. The predicted octanol–water partition coefficient (Wildman–Crippen LogP) is 3.25. The Hall–Kier alpha value is -3.02. The van der Waals surface area contributed by atoms with Gasteiger partial charge in [-0.3, -0.25) is 5.10 Å². The third kappa shape index (κ3) is 2.79. The smallest absolute Gasteiger partial charge is 0.152 e. The van der Waals surface area contributed by atoms with Gasteiger partial charge in [0, 0.05) is 17.8 Å². The summed E-state index contributed by atoms with van der Waals surface area (Å²) in [4.78, 5) is 0. The summed E-state index contributed by atoms with van der Waals surface area (Å²) >= 11 is 0. The Morgan fingerprint density at radius 2 is 1.86 bits per heavy atom. The van der Waals surface area contributed by atoms with Crippen LogP contribution in [-0.2, 0) is 0 Å². The molecular formula is C15H13FN4O. The lowest BCUT2D eigenvalue weighted by atomic mass is 10.1. The van der Waals surface area contributed by atoms with Gasteiger partial charge < -0.3 is 16.2 Å². The van der Waals surface area contributed by atoms with Crippen LogP contribution in [0.3, 0.4) is 0 Å². The third-order valence-electron chi connectivity index (χ3n) is 3.01. The Kier molecular flexibility index (Phi) is 3.19. The molecule has 3 aromatic rings. The molecule has 0 saturated carbocycles. The van der Waals surface area contributed by atoms with Crippen molar-refractivity contribution in [2.45, 2.75) is 0 Å². The van der Waals surface area contributed by atoms with E-state index in [0.29, 0.717) is 11.5 Å². The van der Waals surface area contributed by atoms with Gasteiger partial charge in [-0.05, 0) is 29.8 Å². The molecule has 0 radical (unpaired) electrons. The molecule has 0 saturated heterocycles. The zero-order valence-corrected chi connectivity index (χ0v) is 11.0. The fourth-order valence-corrected chi connectivity index (χ4v) is 1.94. The number of phenolic OH excluding ortho intramolecular Hbond substituents is 1. The van der Waals surface area contributed by atoms with Gasteiger partial charge >= 0.3 is 0 Å². The maximum atomic E-state index is 13.6. The fraction of sp³-hybridized carbons (Fsp3) is 0. The molecule has 0 spiro atoms. The summed E-state index contributed by atoms with van der Waals surface area (Å²) in [7, 11) is 0. The van der Waals surface area contributed by atoms with Crippen LogP contribution >= 0.6 is 0 Å². The van der Waals surface area contributed by atoms with Gasteiger partial charge in [0.05, 0.1) is 11.4 Å². The second-order valence-electron chi connectivity index (χ2n) is 4.58. The maximum absolute atomic E-state index is 13.6. The first-order valence-electron chi connectivity index (χ1n) is 6.29. The van der Waals surface area contributed by atoms with Crippen molar-refractivity contribution in [2.24, 2.45) is 0 Å². The Balaban J connectivity index is 1.83. The van der Waals surface area contributed by atoms with Crippen LogP contribution in [0, 0.1) is 5.82 Å². The summed E-state index contributed by atoms with van der Waals surface area (Å²) in [5.74, 6) is -0.193. The van der Waals surface area contributed by atoms with E-state index in [2.05, 4.69) is 15.5 Å². The zero-order chi connectivity index (χ0) is 14.8. The highest BCUT2D eigenvalue weighted by molar-refractivity contribution is 5.67. The molecule has 3 rings (SSSR count). The van der Waals surface area contributed by atoms with Gasteiger partial charge in [-0.15, -0.1) is 0 Å². The highest BCUT2D eigenvalue weighted by Gasteiger charge is 2.07. The molecule has 0 unspecified atom stereocenters. The first kappa shape index (κ1) is 13.0. The average Bonchev–Trinajstić information content (AvgIpc) is 2.91. The van der Waals surface area contributed by atoms with Gasteiger partial charge in [0.25, 0.3) is 0 Å². The van der Waals surface area contributed by atoms with E-state index in [0.717, 1.165) is 17.3 Å². The van der Waals surface area contributed by atoms with Crippen molar-refractivity contribution in [3.05, 3.63) is 54.3 Å². The summed E-state index contributed by atoms with van der Waals surface area (Å²) in [6, 6.07) is 13.0. The van der Waals surface area contributed by atoms with Gasteiger partial charge in [-0.1, -0.05) is 12.1 Å². The number of aromatic hydroxyl groups is 1. The molecule has 1 aromatic heterocycles. The van der Waals surface area contributed by atoms with Gasteiger partial charge in [-0.25, -0.2) is 4.39 Å². The topological polar surface area (TPSA) is 87.0 Å². The minimum absolute atomic E-state index is 0.123. The molecule has 0 aliphatic heterocycles. The van der Waals surface area contributed by atoms with Crippen LogP contribution in [0.25, 0.3) is 11.3 Å². The maximum Gasteiger partial charge on any atom is 0.152 e.